The molecule has 0 aliphatic heterocycles. The molecule has 2 aromatic rings. The first-order valence-corrected chi connectivity index (χ1v) is 7.10. The second-order valence-electron chi connectivity index (χ2n) is 3.80. The van der Waals surface area contributed by atoms with Crippen LogP contribution in [0.1, 0.15) is 16.5 Å². The summed E-state index contributed by atoms with van der Waals surface area (Å²) in [5.41, 5.74) is 5.76. The molecular formula is C12H9BrClF2NS. The third kappa shape index (κ3) is 3.09. The molecule has 18 heavy (non-hydrogen) atoms. The molecule has 0 radical (unpaired) electrons. The molecule has 1 heterocycles. The van der Waals surface area contributed by atoms with Crippen LogP contribution < -0.4 is 5.73 Å². The average molecular weight is 353 g/mol. The zero-order chi connectivity index (χ0) is 13.3. The minimum Gasteiger partial charge on any atom is -0.323 e. The van der Waals surface area contributed by atoms with E-state index < -0.39 is 17.7 Å². The van der Waals surface area contributed by atoms with Gasteiger partial charge in [0.15, 0.2) is 0 Å². The zero-order valence-electron chi connectivity index (χ0n) is 9.09. The van der Waals surface area contributed by atoms with Crippen molar-refractivity contribution in [3.8, 4) is 0 Å². The van der Waals surface area contributed by atoms with E-state index in [9.17, 15) is 8.78 Å². The minimum absolute atomic E-state index is 0.0947. The Bertz CT molecular complexity index is 550. The molecule has 0 saturated heterocycles. The largest absolute Gasteiger partial charge is 0.323 e. The van der Waals surface area contributed by atoms with Crippen LogP contribution in [0, 0.1) is 11.6 Å². The Morgan fingerprint density at radius 1 is 1.28 bits per heavy atom. The van der Waals surface area contributed by atoms with E-state index in [-0.39, 0.29) is 5.56 Å². The standard InChI is InChI=1S/C12H9BrClF2NS/c13-6-3-8(15)12(9(16)4-6)10(17)5-7-1-2-11(14)18-7/h1-4,10H,5,17H2. The highest BCUT2D eigenvalue weighted by Gasteiger charge is 2.18. The van der Waals surface area contributed by atoms with E-state index in [1.165, 1.54) is 23.5 Å². The summed E-state index contributed by atoms with van der Waals surface area (Å²) in [7, 11) is 0. The molecule has 1 atom stereocenters. The van der Waals surface area contributed by atoms with Gasteiger partial charge in [-0.25, -0.2) is 8.78 Å². The maximum Gasteiger partial charge on any atom is 0.132 e. The highest BCUT2D eigenvalue weighted by molar-refractivity contribution is 9.10. The average Bonchev–Trinajstić information content (AvgIpc) is 2.62. The predicted octanol–water partition coefficient (Wildman–Crippen LogP) is 4.68. The minimum atomic E-state index is -0.729. The monoisotopic (exact) mass is 351 g/mol. The molecule has 2 N–H and O–H groups in total. The fraction of sp³-hybridized carbons (Fsp3) is 0.167. The van der Waals surface area contributed by atoms with Gasteiger partial charge in [-0.2, -0.15) is 0 Å². The predicted molar refractivity (Wildman–Crippen MR) is 74.0 cm³/mol. The summed E-state index contributed by atoms with van der Waals surface area (Å²) < 4.78 is 28.4. The van der Waals surface area contributed by atoms with Gasteiger partial charge in [0, 0.05) is 27.4 Å². The molecule has 1 nitrogen and oxygen atoms in total. The van der Waals surface area contributed by atoms with Crippen LogP contribution in [-0.2, 0) is 6.42 Å². The molecule has 6 heteroatoms. The molecule has 0 amide bonds. The van der Waals surface area contributed by atoms with Crippen molar-refractivity contribution in [3.63, 3.8) is 0 Å². The van der Waals surface area contributed by atoms with Crippen LogP contribution >= 0.6 is 38.9 Å². The van der Waals surface area contributed by atoms with Gasteiger partial charge in [0.1, 0.15) is 11.6 Å². The van der Waals surface area contributed by atoms with Crippen molar-refractivity contribution in [2.45, 2.75) is 12.5 Å². The van der Waals surface area contributed by atoms with Gasteiger partial charge in [0.2, 0.25) is 0 Å². The lowest BCUT2D eigenvalue weighted by atomic mass is 10.0. The van der Waals surface area contributed by atoms with Crippen LogP contribution in [-0.4, -0.2) is 0 Å². The molecule has 96 valence electrons. The van der Waals surface area contributed by atoms with Gasteiger partial charge in [0.25, 0.3) is 0 Å². The third-order valence-corrected chi connectivity index (χ3v) is 4.18. The Balaban J connectivity index is 2.26. The highest BCUT2D eigenvalue weighted by atomic mass is 79.9. The summed E-state index contributed by atoms with van der Waals surface area (Å²) in [5, 5.41) is 0. The number of halogens is 4. The molecule has 0 spiro atoms. The number of hydrogen-bond donors (Lipinski definition) is 1. The molecule has 1 aromatic carbocycles. The second kappa shape index (κ2) is 5.65. The van der Waals surface area contributed by atoms with Crippen LogP contribution in [0.5, 0.6) is 0 Å². The van der Waals surface area contributed by atoms with Crippen molar-refractivity contribution in [3.05, 3.63) is 55.1 Å². The van der Waals surface area contributed by atoms with Gasteiger partial charge in [-0.3, -0.25) is 0 Å². The molecular weight excluding hydrogens is 344 g/mol. The lowest BCUT2D eigenvalue weighted by molar-refractivity contribution is 0.524. The van der Waals surface area contributed by atoms with Crippen LogP contribution in [0.2, 0.25) is 4.34 Å². The van der Waals surface area contributed by atoms with E-state index in [2.05, 4.69) is 15.9 Å². The smallest absolute Gasteiger partial charge is 0.132 e. The lowest BCUT2D eigenvalue weighted by Crippen LogP contribution is -2.16. The SMILES string of the molecule is NC(Cc1ccc(Cl)s1)c1c(F)cc(Br)cc1F. The Labute approximate surface area is 121 Å². The molecule has 2 rings (SSSR count). The van der Waals surface area contributed by atoms with Gasteiger partial charge in [-0.15, -0.1) is 11.3 Å². The third-order valence-electron chi connectivity index (χ3n) is 2.46. The summed E-state index contributed by atoms with van der Waals surface area (Å²) in [4.78, 5) is 0.897. The first kappa shape index (κ1) is 13.9. The molecule has 0 bridgehead atoms. The van der Waals surface area contributed by atoms with E-state index in [4.69, 9.17) is 17.3 Å². The van der Waals surface area contributed by atoms with Gasteiger partial charge in [-0.1, -0.05) is 27.5 Å². The van der Waals surface area contributed by atoms with E-state index in [0.29, 0.717) is 15.2 Å². The summed E-state index contributed by atoms with van der Waals surface area (Å²) >= 11 is 10.2. The first-order valence-electron chi connectivity index (χ1n) is 5.11. The fourth-order valence-corrected chi connectivity index (χ4v) is 3.24. The van der Waals surface area contributed by atoms with Gasteiger partial charge >= 0.3 is 0 Å². The maximum absolute atomic E-state index is 13.7. The molecule has 1 aromatic heterocycles. The second-order valence-corrected chi connectivity index (χ2v) is 6.51. The van der Waals surface area contributed by atoms with E-state index in [0.717, 1.165) is 4.88 Å². The molecule has 0 aliphatic rings. The van der Waals surface area contributed by atoms with E-state index in [1.54, 1.807) is 6.07 Å². The number of thiophene rings is 1. The maximum atomic E-state index is 13.7. The van der Waals surface area contributed by atoms with Crippen LogP contribution in [0.25, 0.3) is 0 Å². The summed E-state index contributed by atoms with van der Waals surface area (Å²) in [5.74, 6) is -1.28. The van der Waals surface area contributed by atoms with E-state index >= 15 is 0 Å². The van der Waals surface area contributed by atoms with Gasteiger partial charge in [0.05, 0.1) is 4.34 Å². The van der Waals surface area contributed by atoms with Crippen LogP contribution in [0.3, 0.4) is 0 Å². The Hall–Kier alpha value is -0.490. The number of hydrogen-bond acceptors (Lipinski definition) is 2. The quantitative estimate of drug-likeness (QED) is 0.852. The first-order chi connectivity index (χ1) is 8.47. The molecule has 0 fully saturated rings. The fourth-order valence-electron chi connectivity index (χ4n) is 1.69. The zero-order valence-corrected chi connectivity index (χ0v) is 12.2. The molecule has 1 unspecified atom stereocenters. The number of nitrogens with two attached hydrogens (primary N) is 1. The van der Waals surface area contributed by atoms with Crippen LogP contribution in [0.15, 0.2) is 28.7 Å². The molecule has 0 aliphatic carbocycles. The van der Waals surface area contributed by atoms with Crippen LogP contribution in [0.4, 0.5) is 8.78 Å². The summed E-state index contributed by atoms with van der Waals surface area (Å²) in [6, 6.07) is 5.23. The number of rotatable bonds is 3. The van der Waals surface area contributed by atoms with Gasteiger partial charge < -0.3 is 5.73 Å². The van der Waals surface area contributed by atoms with Crippen molar-refractivity contribution in [1.82, 2.24) is 0 Å². The van der Waals surface area contributed by atoms with Crippen molar-refractivity contribution in [2.75, 3.05) is 0 Å². The molecule has 0 saturated carbocycles. The normalized spacial score (nSPS) is 12.7. The Morgan fingerprint density at radius 2 is 1.89 bits per heavy atom. The van der Waals surface area contributed by atoms with E-state index in [1.807, 2.05) is 6.07 Å². The Morgan fingerprint density at radius 3 is 2.39 bits per heavy atom. The summed E-state index contributed by atoms with van der Waals surface area (Å²) in [6.45, 7) is 0. The van der Waals surface area contributed by atoms with Crippen molar-refractivity contribution in [1.29, 1.82) is 0 Å². The van der Waals surface area contributed by atoms with Gasteiger partial charge in [-0.05, 0) is 24.3 Å². The highest BCUT2D eigenvalue weighted by Crippen LogP contribution is 2.29. The topological polar surface area (TPSA) is 26.0 Å². The van der Waals surface area contributed by atoms with Crippen molar-refractivity contribution in [2.24, 2.45) is 5.73 Å². The number of benzene rings is 1. The van der Waals surface area contributed by atoms with Crippen molar-refractivity contribution >= 4 is 38.9 Å². The lowest BCUT2D eigenvalue weighted by Gasteiger charge is -2.13. The van der Waals surface area contributed by atoms with Crippen molar-refractivity contribution < 1.29 is 8.78 Å². The summed E-state index contributed by atoms with van der Waals surface area (Å²) in [6.07, 6.45) is 0.354. The Kier molecular flexibility index (Phi) is 4.37.